The van der Waals surface area contributed by atoms with Crippen LogP contribution in [0.2, 0.25) is 0 Å². The summed E-state index contributed by atoms with van der Waals surface area (Å²) in [6.45, 7) is 44.9. The minimum absolute atomic E-state index is 0.00168. The third kappa shape index (κ3) is 45.1. The van der Waals surface area contributed by atoms with Gasteiger partial charge in [-0.25, -0.2) is 24.0 Å². The van der Waals surface area contributed by atoms with E-state index in [4.69, 9.17) is 37.9 Å². The number of carboxylic acids is 1. The van der Waals surface area contributed by atoms with Gasteiger partial charge in [0.25, 0.3) is 0 Å². The molecule has 0 bridgehead atoms. The molecule has 36 nitrogen and oxygen atoms in total. The summed E-state index contributed by atoms with van der Waals surface area (Å²) in [5.74, 6) is -12.6. The molecule has 2 aromatic rings. The number of esters is 2. The van der Waals surface area contributed by atoms with Gasteiger partial charge in [-0.1, -0.05) is 82.6 Å². The van der Waals surface area contributed by atoms with Crippen LogP contribution in [-0.4, -0.2) is 227 Å². The van der Waals surface area contributed by atoms with Crippen LogP contribution in [0.5, 0.6) is 0 Å². The molecule has 0 unspecified atom stereocenters. The van der Waals surface area contributed by atoms with Crippen LogP contribution < -0.4 is 63.8 Å². The molecule has 13 N–H and O–H groups in total. The van der Waals surface area contributed by atoms with Gasteiger partial charge in [-0.2, -0.15) is 0 Å². The Labute approximate surface area is 762 Å². The Bertz CT molecular complexity index is 4020. The van der Waals surface area contributed by atoms with Crippen molar-refractivity contribution in [3.63, 3.8) is 0 Å². The predicted octanol–water partition coefficient (Wildman–Crippen LogP) is 10.3. The van der Waals surface area contributed by atoms with E-state index in [1.165, 1.54) is 13.8 Å². The maximum atomic E-state index is 15.5. The fraction of sp³-hybridized carbons (Fsp3) is 0.710. The molecule has 0 fully saturated rings. The fourth-order valence-corrected chi connectivity index (χ4v) is 13.7. The molecule has 12 amide bonds. The van der Waals surface area contributed by atoms with Crippen molar-refractivity contribution in [1.82, 2.24) is 63.8 Å². The van der Waals surface area contributed by atoms with E-state index >= 15 is 24.0 Å². The number of ether oxygens (including phenoxy) is 8. The van der Waals surface area contributed by atoms with Gasteiger partial charge in [0.2, 0.25) is 47.3 Å². The summed E-state index contributed by atoms with van der Waals surface area (Å²) in [6, 6.07) is 0.949. The molecule has 0 heterocycles. The lowest BCUT2D eigenvalue weighted by Crippen LogP contribution is -2.64. The number of carbonyl (C=O) groups excluding carboxylic acids is 14. The summed E-state index contributed by atoms with van der Waals surface area (Å²) in [5, 5.41) is 42.3. The van der Waals surface area contributed by atoms with Gasteiger partial charge in [-0.05, 0) is 264 Å². The number of nitrogens with one attached hydrogen (secondary N) is 12. The van der Waals surface area contributed by atoms with Gasteiger partial charge in [-0.3, -0.25) is 47.9 Å². The fourth-order valence-electron chi connectivity index (χ4n) is 13.7. The van der Waals surface area contributed by atoms with Gasteiger partial charge in [0, 0.05) is 32.0 Å². The number of unbranched alkanes of at least 4 members (excludes halogenated alkanes) is 3. The number of hydrogen-bond acceptors (Lipinski definition) is 23. The number of carboxylic acid groups (broad SMARTS) is 1. The maximum absolute atomic E-state index is 15.5. The van der Waals surface area contributed by atoms with E-state index in [0.717, 1.165) is 22.3 Å². The molecule has 0 radical (unpaired) electrons. The first-order valence-electron chi connectivity index (χ1n) is 44.9. The van der Waals surface area contributed by atoms with Crippen LogP contribution in [-0.2, 0) is 90.6 Å². The van der Waals surface area contributed by atoms with Crippen molar-refractivity contribution in [2.45, 2.75) is 389 Å². The van der Waals surface area contributed by atoms with E-state index in [1.54, 1.807) is 166 Å². The van der Waals surface area contributed by atoms with Gasteiger partial charge >= 0.3 is 42.3 Å². The zero-order valence-corrected chi connectivity index (χ0v) is 81.3. The summed E-state index contributed by atoms with van der Waals surface area (Å²) in [5.41, 5.74) is -2.68. The van der Waals surface area contributed by atoms with Gasteiger partial charge in [0.05, 0.1) is 29.8 Å². The average Bonchev–Trinajstić information content (AvgIpc) is 1.61. The van der Waals surface area contributed by atoms with Crippen molar-refractivity contribution in [2.75, 3.05) is 26.2 Å². The van der Waals surface area contributed by atoms with Crippen LogP contribution in [0, 0.1) is 11.8 Å². The van der Waals surface area contributed by atoms with Gasteiger partial charge < -0.3 is 107 Å². The van der Waals surface area contributed by atoms with Gasteiger partial charge in [0.15, 0.2) is 0 Å². The molecule has 1 aliphatic carbocycles. The molecule has 2 aromatic carbocycles. The SMILES string of the molecule is CC[C@H](C)[C@H](NC(=O)OCC1c2ccccc2-c2ccccc21)C(=O)N[C@H](C(=O)N[C@H](C(=O)N[C@@H](CCCCNC(=O)OC(C)(C)C)C(=O)N[C@@H](CC(=O)OC(C)(C)C)C(=O)N[C@@H](CC(C)C)C(=O)N[C@@H](CCCCNC(=O)OC(C)(C)C)C(=O)N[C@@H](CCC(=O)OC(C)(C)C)C(=O)N[C@@H](CCCCNC(=O)OC(C)(C)C)C(=O)O)[C@@H](C)OC(C)(C)C)[C@@H](C)OC(C)(C)C. The number of carbonyl (C=O) groups is 15. The molecule has 0 spiro atoms. The van der Waals surface area contributed by atoms with E-state index < -0.39 is 226 Å². The Kier molecular flexibility index (Phi) is 44.8. The summed E-state index contributed by atoms with van der Waals surface area (Å²) in [7, 11) is 0. The minimum atomic E-state index is -1.93. The molecular weight excluding hydrogens is 1670 g/mol. The zero-order chi connectivity index (χ0) is 98.1. The summed E-state index contributed by atoms with van der Waals surface area (Å²) in [4.78, 5) is 213. The van der Waals surface area contributed by atoms with Crippen molar-refractivity contribution < 1.29 is 115 Å². The first kappa shape index (κ1) is 113. The molecule has 3 rings (SSSR count). The third-order valence-electron chi connectivity index (χ3n) is 19.4. The highest BCUT2D eigenvalue weighted by atomic mass is 16.6. The predicted molar refractivity (Wildman–Crippen MR) is 484 cm³/mol. The molecule has 0 saturated carbocycles. The Morgan fingerprint density at radius 1 is 0.349 bits per heavy atom. The summed E-state index contributed by atoms with van der Waals surface area (Å²) < 4.78 is 45.9. The molecule has 36 heteroatoms. The second kappa shape index (κ2) is 51.3. The van der Waals surface area contributed by atoms with Gasteiger partial charge in [0.1, 0.15) is 89.0 Å². The standard InChI is InChI=1S/C93H152N12O24/c1-28-55(4)71(105-86(121)122-53-62-60-41-31-29-39-58(60)59-40-30-32-42-61(59)62)79(113)103-73(57(6)124-88(10,11)12)81(115)104-72(56(5)123-87(7,8)9)80(114)99-64(44-34-37-49-95-84(119)128-92(22,23)24)75(109)102-68(52-70(107)126-90(16,17)18)78(112)101-67(51-54(2)3)77(111)97-63(43-33-36-48-94-83(118)127-91(19,20)21)74(108)98-65(46-47-69(106)125-89(13,14)15)76(110)100-66(82(116)117)45-35-38-50-96-85(120)129-93(25,26)27/h29-32,39-42,54-57,62-68,71-73H,28,33-38,43-53H2,1-27H3,(H,94,118)(H,95,119)(H,96,120)(H,97,111)(H,98,108)(H,99,114)(H,100,110)(H,101,112)(H,102,109)(H,103,113)(H,104,115)(H,105,121)(H,116,117)/t55-,56+,57+,63-,64-,65-,66-,67-,68-,71-,72-,73-/m0/s1. The van der Waals surface area contributed by atoms with Crippen molar-refractivity contribution in [1.29, 1.82) is 0 Å². The number of hydrogen-bond donors (Lipinski definition) is 13. The molecule has 0 aromatic heterocycles. The third-order valence-corrected chi connectivity index (χ3v) is 19.4. The van der Waals surface area contributed by atoms with E-state index in [-0.39, 0.29) is 96.4 Å². The average molecular weight is 1820 g/mol. The highest BCUT2D eigenvalue weighted by Crippen LogP contribution is 2.44. The van der Waals surface area contributed by atoms with E-state index in [0.29, 0.717) is 6.42 Å². The molecule has 0 aliphatic heterocycles. The van der Waals surface area contributed by atoms with Crippen LogP contribution >= 0.6 is 0 Å². The summed E-state index contributed by atoms with van der Waals surface area (Å²) in [6.07, 6.45) is -6.81. The molecule has 129 heavy (non-hydrogen) atoms. The van der Waals surface area contributed by atoms with E-state index in [1.807, 2.05) is 55.5 Å². The van der Waals surface area contributed by atoms with Crippen molar-refractivity contribution in [3.8, 4) is 11.1 Å². The highest BCUT2D eigenvalue weighted by Gasteiger charge is 2.43. The monoisotopic (exact) mass is 1820 g/mol. The second-order valence-corrected chi connectivity index (χ2v) is 40.2. The number of benzene rings is 2. The molecule has 12 atom stereocenters. The largest absolute Gasteiger partial charge is 0.480 e. The van der Waals surface area contributed by atoms with Gasteiger partial charge in [-0.15, -0.1) is 0 Å². The number of fused-ring (bicyclic) bond motifs is 3. The summed E-state index contributed by atoms with van der Waals surface area (Å²) >= 11 is 0. The van der Waals surface area contributed by atoms with Crippen molar-refractivity contribution in [2.24, 2.45) is 11.8 Å². The molecule has 1 aliphatic rings. The Morgan fingerprint density at radius 2 is 0.674 bits per heavy atom. The minimum Gasteiger partial charge on any atom is -0.480 e. The van der Waals surface area contributed by atoms with Crippen molar-refractivity contribution >= 4 is 89.5 Å². The lowest BCUT2D eigenvalue weighted by molar-refractivity contribution is -0.157. The number of rotatable bonds is 48. The Hall–Kier alpha value is -10.4. The van der Waals surface area contributed by atoms with Crippen LogP contribution in [0.4, 0.5) is 19.2 Å². The second-order valence-electron chi connectivity index (χ2n) is 40.2. The molecular formula is C93H152N12O24. The number of aliphatic carboxylic acids is 1. The first-order chi connectivity index (χ1) is 59.4. The van der Waals surface area contributed by atoms with Crippen LogP contribution in [0.15, 0.2) is 48.5 Å². The van der Waals surface area contributed by atoms with Crippen molar-refractivity contribution in [3.05, 3.63) is 59.7 Å². The Morgan fingerprint density at radius 3 is 1.05 bits per heavy atom. The highest BCUT2D eigenvalue weighted by molar-refractivity contribution is 6.00. The lowest BCUT2D eigenvalue weighted by atomic mass is 9.97. The number of amides is 12. The quantitative estimate of drug-likeness (QED) is 0.0166. The zero-order valence-electron chi connectivity index (χ0n) is 81.3. The molecule has 728 valence electrons. The normalized spacial score (nSPS) is 15.3. The molecule has 0 saturated heterocycles. The maximum Gasteiger partial charge on any atom is 0.407 e. The number of alkyl carbamates (subject to hydrolysis) is 4. The first-order valence-corrected chi connectivity index (χ1v) is 44.9. The smallest absolute Gasteiger partial charge is 0.407 e. The van der Waals surface area contributed by atoms with E-state index in [9.17, 15) is 53.1 Å². The van der Waals surface area contributed by atoms with Crippen LogP contribution in [0.1, 0.15) is 294 Å². The Balaban J connectivity index is 2.20. The van der Waals surface area contributed by atoms with Crippen LogP contribution in [0.25, 0.3) is 11.1 Å². The van der Waals surface area contributed by atoms with E-state index in [2.05, 4.69) is 63.8 Å². The topological polar surface area (TPSA) is 494 Å². The lowest BCUT2D eigenvalue weighted by Gasteiger charge is -2.35. The van der Waals surface area contributed by atoms with Crippen LogP contribution in [0.3, 0.4) is 0 Å².